The molecule has 0 aliphatic heterocycles. The van der Waals surface area contributed by atoms with Crippen LogP contribution in [0.15, 0.2) is 18.2 Å². The van der Waals surface area contributed by atoms with Crippen LogP contribution < -0.4 is 5.32 Å². The summed E-state index contributed by atoms with van der Waals surface area (Å²) >= 11 is 0. The Kier molecular flexibility index (Phi) is 4.74. The first kappa shape index (κ1) is 13.8. The monoisotopic (exact) mass is 265 g/mol. The lowest BCUT2D eigenvalue weighted by atomic mass is 10.0. The van der Waals surface area contributed by atoms with E-state index < -0.39 is 0 Å². The van der Waals surface area contributed by atoms with E-state index in [4.69, 9.17) is 5.11 Å². The number of hydrogen-bond acceptors (Lipinski definition) is 3. The Bertz CT molecular complexity index is 520. The predicted octanol–water partition coefficient (Wildman–Crippen LogP) is 2.91. The van der Waals surface area contributed by atoms with Gasteiger partial charge >= 0.3 is 0 Å². The molecule has 0 aliphatic carbocycles. The van der Waals surface area contributed by atoms with E-state index in [2.05, 4.69) is 22.2 Å². The Morgan fingerprint density at radius 1 is 1.42 bits per heavy atom. The minimum atomic E-state index is -0.271. The van der Waals surface area contributed by atoms with Gasteiger partial charge in [-0.25, -0.2) is 9.37 Å². The minimum Gasteiger partial charge on any atom is -0.396 e. The number of halogens is 1. The minimum absolute atomic E-state index is 0.206. The smallest absolute Gasteiger partial charge is 0.201 e. The molecule has 5 heteroatoms. The molecule has 0 radical (unpaired) electrons. The molecule has 2 rings (SSSR count). The van der Waals surface area contributed by atoms with Gasteiger partial charge in [-0.3, -0.25) is 0 Å². The van der Waals surface area contributed by atoms with E-state index in [0.717, 1.165) is 31.3 Å². The van der Waals surface area contributed by atoms with Crippen molar-refractivity contribution in [3.05, 3.63) is 24.0 Å². The number of aliphatic hydroxyl groups excluding tert-OH is 1. The zero-order valence-electron chi connectivity index (χ0n) is 11.1. The van der Waals surface area contributed by atoms with Gasteiger partial charge in [0, 0.05) is 13.2 Å². The van der Waals surface area contributed by atoms with E-state index in [0.29, 0.717) is 17.4 Å². The third kappa shape index (κ3) is 3.67. The van der Waals surface area contributed by atoms with Crippen LogP contribution in [0.3, 0.4) is 0 Å². The zero-order chi connectivity index (χ0) is 13.7. The number of nitrogens with zero attached hydrogens (tertiary/aromatic N) is 1. The topological polar surface area (TPSA) is 60.9 Å². The lowest BCUT2D eigenvalue weighted by Crippen LogP contribution is -2.16. The second-order valence-electron chi connectivity index (χ2n) is 4.79. The highest BCUT2D eigenvalue weighted by Crippen LogP contribution is 2.17. The van der Waals surface area contributed by atoms with Crippen LogP contribution in [-0.4, -0.2) is 28.2 Å². The Morgan fingerprint density at radius 2 is 2.26 bits per heavy atom. The summed E-state index contributed by atoms with van der Waals surface area (Å²) in [7, 11) is 0. The summed E-state index contributed by atoms with van der Waals surface area (Å²) < 4.78 is 13.1. The summed E-state index contributed by atoms with van der Waals surface area (Å²) in [6.45, 7) is 3.10. The number of hydrogen-bond donors (Lipinski definition) is 3. The van der Waals surface area contributed by atoms with Gasteiger partial charge in [-0.1, -0.05) is 13.3 Å². The summed E-state index contributed by atoms with van der Waals surface area (Å²) in [4.78, 5) is 7.40. The van der Waals surface area contributed by atoms with Crippen LogP contribution in [0, 0.1) is 11.7 Å². The van der Waals surface area contributed by atoms with Crippen molar-refractivity contribution in [1.82, 2.24) is 9.97 Å². The number of imidazole rings is 1. The van der Waals surface area contributed by atoms with Crippen LogP contribution in [-0.2, 0) is 0 Å². The number of fused-ring (bicyclic) bond motifs is 1. The van der Waals surface area contributed by atoms with E-state index in [1.807, 2.05) is 0 Å². The standard InChI is InChI=1S/C14H20FN3O/c1-2-3-10(6-7-19)9-16-14-17-12-5-4-11(15)8-13(12)18-14/h4-5,8,10,19H,2-3,6-7,9H2,1H3,(H2,16,17,18). The fourth-order valence-corrected chi connectivity index (χ4v) is 2.25. The van der Waals surface area contributed by atoms with Crippen LogP contribution in [0.5, 0.6) is 0 Å². The summed E-state index contributed by atoms with van der Waals surface area (Å²) in [6.07, 6.45) is 2.95. The van der Waals surface area contributed by atoms with Crippen molar-refractivity contribution in [1.29, 1.82) is 0 Å². The normalized spacial score (nSPS) is 12.8. The van der Waals surface area contributed by atoms with E-state index in [1.165, 1.54) is 12.1 Å². The number of benzene rings is 1. The van der Waals surface area contributed by atoms with Gasteiger partial charge in [0.15, 0.2) is 0 Å². The summed E-state index contributed by atoms with van der Waals surface area (Å²) in [6, 6.07) is 4.49. The highest BCUT2D eigenvalue weighted by Gasteiger charge is 2.09. The van der Waals surface area contributed by atoms with Gasteiger partial charge in [-0.2, -0.15) is 0 Å². The number of nitrogens with one attached hydrogen (secondary N) is 2. The van der Waals surface area contributed by atoms with Gasteiger partial charge in [0.1, 0.15) is 5.82 Å². The molecule has 4 nitrogen and oxygen atoms in total. The third-order valence-electron chi connectivity index (χ3n) is 3.24. The van der Waals surface area contributed by atoms with Crippen LogP contribution in [0.25, 0.3) is 11.0 Å². The Hall–Kier alpha value is -1.62. The molecule has 1 atom stereocenters. The van der Waals surface area contributed by atoms with Crippen molar-refractivity contribution in [2.75, 3.05) is 18.5 Å². The second kappa shape index (κ2) is 6.52. The molecule has 0 amide bonds. The third-order valence-corrected chi connectivity index (χ3v) is 3.24. The maximum Gasteiger partial charge on any atom is 0.201 e. The van der Waals surface area contributed by atoms with Crippen molar-refractivity contribution in [3.8, 4) is 0 Å². The lowest BCUT2D eigenvalue weighted by Gasteiger charge is -2.14. The molecule has 104 valence electrons. The van der Waals surface area contributed by atoms with Crippen molar-refractivity contribution in [3.63, 3.8) is 0 Å². The molecule has 1 aromatic heterocycles. The molecular formula is C14H20FN3O. The summed E-state index contributed by atoms with van der Waals surface area (Å²) in [5.74, 6) is 0.812. The molecule has 0 fully saturated rings. The molecule has 19 heavy (non-hydrogen) atoms. The SMILES string of the molecule is CCCC(CCO)CNc1nc2ccc(F)cc2[nH]1. The summed E-state index contributed by atoms with van der Waals surface area (Å²) in [5.41, 5.74) is 1.44. The molecule has 0 saturated carbocycles. The number of H-pyrrole nitrogens is 1. The quantitative estimate of drug-likeness (QED) is 0.721. The summed E-state index contributed by atoms with van der Waals surface area (Å²) in [5, 5.41) is 12.2. The van der Waals surface area contributed by atoms with Gasteiger partial charge in [0.25, 0.3) is 0 Å². The van der Waals surface area contributed by atoms with Gasteiger partial charge in [0.05, 0.1) is 11.0 Å². The van der Waals surface area contributed by atoms with Crippen LogP contribution in [0.2, 0.25) is 0 Å². The fourth-order valence-electron chi connectivity index (χ4n) is 2.25. The first-order valence-corrected chi connectivity index (χ1v) is 6.73. The number of aromatic amines is 1. The predicted molar refractivity (Wildman–Crippen MR) is 74.6 cm³/mol. The van der Waals surface area contributed by atoms with E-state index in [1.54, 1.807) is 6.07 Å². The van der Waals surface area contributed by atoms with Crippen LogP contribution >= 0.6 is 0 Å². The maximum absolute atomic E-state index is 13.1. The first-order chi connectivity index (χ1) is 9.22. The molecule has 1 aromatic carbocycles. The lowest BCUT2D eigenvalue weighted by molar-refractivity contribution is 0.255. The second-order valence-corrected chi connectivity index (χ2v) is 4.79. The van der Waals surface area contributed by atoms with Gasteiger partial charge in [0.2, 0.25) is 5.95 Å². The molecule has 3 N–H and O–H groups in total. The van der Waals surface area contributed by atoms with Crippen molar-refractivity contribution < 1.29 is 9.50 Å². The Labute approximate surface area is 112 Å². The van der Waals surface area contributed by atoms with Crippen LogP contribution in [0.4, 0.5) is 10.3 Å². The van der Waals surface area contributed by atoms with Crippen molar-refractivity contribution in [2.24, 2.45) is 5.92 Å². The molecular weight excluding hydrogens is 245 g/mol. The van der Waals surface area contributed by atoms with Crippen molar-refractivity contribution in [2.45, 2.75) is 26.2 Å². The highest BCUT2D eigenvalue weighted by molar-refractivity contribution is 5.77. The molecule has 0 aliphatic rings. The van der Waals surface area contributed by atoms with Gasteiger partial charge < -0.3 is 15.4 Å². The van der Waals surface area contributed by atoms with Crippen molar-refractivity contribution >= 4 is 17.0 Å². The van der Waals surface area contributed by atoms with Gasteiger partial charge in [-0.05, 0) is 37.0 Å². The maximum atomic E-state index is 13.1. The molecule has 1 unspecified atom stereocenters. The first-order valence-electron chi connectivity index (χ1n) is 6.73. The number of rotatable bonds is 7. The Balaban J connectivity index is 2.00. The average molecular weight is 265 g/mol. The largest absolute Gasteiger partial charge is 0.396 e. The van der Waals surface area contributed by atoms with Crippen LogP contribution in [0.1, 0.15) is 26.2 Å². The number of anilines is 1. The average Bonchev–Trinajstić information content (AvgIpc) is 2.78. The van der Waals surface area contributed by atoms with Gasteiger partial charge in [-0.15, -0.1) is 0 Å². The Morgan fingerprint density at radius 3 is 3.00 bits per heavy atom. The number of aliphatic hydroxyl groups is 1. The van der Waals surface area contributed by atoms with E-state index in [-0.39, 0.29) is 12.4 Å². The zero-order valence-corrected chi connectivity index (χ0v) is 11.1. The molecule has 0 bridgehead atoms. The molecule has 1 heterocycles. The fraction of sp³-hybridized carbons (Fsp3) is 0.500. The molecule has 0 spiro atoms. The molecule has 2 aromatic rings. The number of aromatic nitrogens is 2. The van der Waals surface area contributed by atoms with E-state index >= 15 is 0 Å². The molecule has 0 saturated heterocycles. The van der Waals surface area contributed by atoms with E-state index in [9.17, 15) is 4.39 Å². The highest BCUT2D eigenvalue weighted by atomic mass is 19.1.